The smallest absolute Gasteiger partial charge is 0.252 e. The number of benzene rings is 2. The molecule has 0 fully saturated rings. The maximum absolute atomic E-state index is 12.9. The molecule has 2 aromatic carbocycles. The van der Waals surface area contributed by atoms with Crippen LogP contribution in [0.5, 0.6) is 5.75 Å². The summed E-state index contributed by atoms with van der Waals surface area (Å²) in [6, 6.07) is 14.3. The van der Waals surface area contributed by atoms with Crippen molar-refractivity contribution in [3.63, 3.8) is 0 Å². The van der Waals surface area contributed by atoms with Crippen molar-refractivity contribution in [1.82, 2.24) is 10.3 Å². The fourth-order valence-electron chi connectivity index (χ4n) is 3.11. The lowest BCUT2D eigenvalue weighted by Gasteiger charge is -2.21. The minimum atomic E-state index is -0.823. The van der Waals surface area contributed by atoms with Crippen LogP contribution >= 0.6 is 0 Å². The molecule has 27 heavy (non-hydrogen) atoms. The third-order valence-electron chi connectivity index (χ3n) is 4.63. The van der Waals surface area contributed by atoms with Crippen LogP contribution in [0.25, 0.3) is 10.9 Å². The second-order valence-electron chi connectivity index (χ2n) is 6.81. The first kappa shape index (κ1) is 18.9. The largest absolute Gasteiger partial charge is 0.497 e. The van der Waals surface area contributed by atoms with Gasteiger partial charge in [0, 0.05) is 11.1 Å². The maximum atomic E-state index is 12.9. The highest BCUT2D eigenvalue weighted by molar-refractivity contribution is 6.06. The molecule has 1 aromatic heterocycles. The average molecular weight is 364 g/mol. The van der Waals surface area contributed by atoms with Gasteiger partial charge in [0.05, 0.1) is 30.3 Å². The second kappa shape index (κ2) is 7.76. The van der Waals surface area contributed by atoms with E-state index in [1.54, 1.807) is 44.4 Å². The lowest BCUT2D eigenvalue weighted by atomic mass is 10.0. The van der Waals surface area contributed by atoms with Gasteiger partial charge in [-0.05, 0) is 56.7 Å². The molecule has 0 aliphatic heterocycles. The van der Waals surface area contributed by atoms with E-state index >= 15 is 0 Å². The Labute approximate surface area is 159 Å². The first-order valence-electron chi connectivity index (χ1n) is 8.90. The van der Waals surface area contributed by atoms with Crippen LogP contribution in [0.1, 0.15) is 40.2 Å². The number of aromatic nitrogens is 1. The van der Waals surface area contributed by atoms with Crippen molar-refractivity contribution in [3.05, 3.63) is 70.9 Å². The van der Waals surface area contributed by atoms with E-state index in [2.05, 4.69) is 10.3 Å². The number of hydrogen-bond donors (Lipinski definition) is 2. The lowest BCUT2D eigenvalue weighted by molar-refractivity contribution is 0.0853. The molecule has 3 aromatic rings. The van der Waals surface area contributed by atoms with Crippen LogP contribution < -0.4 is 10.1 Å². The summed E-state index contributed by atoms with van der Waals surface area (Å²) in [5, 5.41) is 14.3. The van der Waals surface area contributed by atoms with Gasteiger partial charge in [-0.3, -0.25) is 9.78 Å². The molecule has 0 saturated heterocycles. The topological polar surface area (TPSA) is 71.5 Å². The molecule has 0 saturated carbocycles. The van der Waals surface area contributed by atoms with E-state index < -0.39 is 12.1 Å². The van der Waals surface area contributed by atoms with Crippen LogP contribution in [0, 0.1) is 13.8 Å². The summed E-state index contributed by atoms with van der Waals surface area (Å²) >= 11 is 0. The number of carbonyl (C=O) groups excluding carboxylic acids is 1. The number of ether oxygens (including phenoxy) is 1. The quantitative estimate of drug-likeness (QED) is 0.724. The van der Waals surface area contributed by atoms with Crippen LogP contribution in [-0.2, 0) is 0 Å². The highest BCUT2D eigenvalue weighted by Crippen LogP contribution is 2.23. The lowest BCUT2D eigenvalue weighted by Crippen LogP contribution is -2.37. The zero-order valence-corrected chi connectivity index (χ0v) is 16.0. The molecular weight excluding hydrogens is 340 g/mol. The number of carbonyl (C=O) groups is 1. The van der Waals surface area contributed by atoms with Crippen molar-refractivity contribution in [2.45, 2.75) is 32.9 Å². The summed E-state index contributed by atoms with van der Waals surface area (Å²) < 4.78 is 5.14. The molecule has 140 valence electrons. The third-order valence-corrected chi connectivity index (χ3v) is 4.63. The second-order valence-corrected chi connectivity index (χ2v) is 6.81. The van der Waals surface area contributed by atoms with E-state index in [1.807, 2.05) is 32.0 Å². The summed E-state index contributed by atoms with van der Waals surface area (Å²) in [5.74, 6) is 0.493. The number of nitrogens with zero attached hydrogens (tertiary/aromatic N) is 1. The average Bonchev–Trinajstić information content (AvgIpc) is 2.67. The molecule has 0 aliphatic carbocycles. The number of nitrogens with one attached hydrogen (secondary N) is 1. The number of methoxy groups -OCH3 is 1. The molecule has 1 heterocycles. The Balaban J connectivity index is 1.83. The number of aliphatic hydroxyl groups is 1. The van der Waals surface area contributed by atoms with Crippen molar-refractivity contribution in [2.24, 2.45) is 0 Å². The van der Waals surface area contributed by atoms with Gasteiger partial charge < -0.3 is 15.2 Å². The molecule has 3 rings (SSSR count). The molecule has 1 amide bonds. The van der Waals surface area contributed by atoms with Crippen molar-refractivity contribution >= 4 is 16.8 Å². The fraction of sp³-hybridized carbons (Fsp3) is 0.273. The predicted molar refractivity (Wildman–Crippen MR) is 106 cm³/mol. The third kappa shape index (κ3) is 4.09. The van der Waals surface area contributed by atoms with Gasteiger partial charge in [-0.2, -0.15) is 0 Å². The van der Waals surface area contributed by atoms with Crippen LogP contribution in [0.4, 0.5) is 0 Å². The van der Waals surface area contributed by atoms with Crippen LogP contribution in [0.2, 0.25) is 0 Å². The highest BCUT2D eigenvalue weighted by atomic mass is 16.5. The maximum Gasteiger partial charge on any atom is 0.252 e. The van der Waals surface area contributed by atoms with E-state index in [-0.39, 0.29) is 5.91 Å². The van der Waals surface area contributed by atoms with Crippen LogP contribution in [-0.4, -0.2) is 29.1 Å². The van der Waals surface area contributed by atoms with Gasteiger partial charge in [0.2, 0.25) is 0 Å². The minimum Gasteiger partial charge on any atom is -0.497 e. The summed E-state index contributed by atoms with van der Waals surface area (Å²) in [5.41, 5.74) is 3.91. The summed E-state index contributed by atoms with van der Waals surface area (Å²) in [4.78, 5) is 17.4. The molecule has 0 unspecified atom stereocenters. The zero-order chi connectivity index (χ0) is 19.6. The van der Waals surface area contributed by atoms with Crippen LogP contribution in [0.3, 0.4) is 0 Å². The Kier molecular flexibility index (Phi) is 5.42. The van der Waals surface area contributed by atoms with Gasteiger partial charge >= 0.3 is 0 Å². The standard InChI is InChI=1S/C22H24N2O3/c1-13-5-10-20-18(11-13)19(12-14(2)23-20)22(26)24-15(3)21(25)16-6-8-17(27-4)9-7-16/h5-12,15,21,25H,1-4H3,(H,24,26)/t15-,21-/m1/s1. The van der Waals surface area contributed by atoms with E-state index in [1.165, 1.54) is 0 Å². The number of amides is 1. The molecule has 0 bridgehead atoms. The van der Waals surface area contributed by atoms with E-state index in [9.17, 15) is 9.90 Å². The van der Waals surface area contributed by atoms with Gasteiger partial charge in [0.25, 0.3) is 5.91 Å². The van der Waals surface area contributed by atoms with Crippen molar-refractivity contribution in [2.75, 3.05) is 7.11 Å². The van der Waals surface area contributed by atoms with Gasteiger partial charge in [0.15, 0.2) is 0 Å². The van der Waals surface area contributed by atoms with Gasteiger partial charge in [0.1, 0.15) is 5.75 Å². The first-order valence-corrected chi connectivity index (χ1v) is 8.90. The molecule has 0 radical (unpaired) electrons. The Morgan fingerprint density at radius 1 is 1.11 bits per heavy atom. The number of fused-ring (bicyclic) bond motifs is 1. The minimum absolute atomic E-state index is 0.226. The molecule has 5 nitrogen and oxygen atoms in total. The number of pyridine rings is 1. The highest BCUT2D eigenvalue weighted by Gasteiger charge is 2.21. The van der Waals surface area contributed by atoms with Gasteiger partial charge in [-0.1, -0.05) is 23.8 Å². The van der Waals surface area contributed by atoms with Crippen LogP contribution in [0.15, 0.2) is 48.5 Å². The molecule has 2 atom stereocenters. The summed E-state index contributed by atoms with van der Waals surface area (Å²) in [6.45, 7) is 5.64. The summed E-state index contributed by atoms with van der Waals surface area (Å²) in [6.07, 6.45) is -0.823. The first-order chi connectivity index (χ1) is 12.9. The van der Waals surface area contributed by atoms with E-state index in [0.717, 1.165) is 33.5 Å². The number of aliphatic hydroxyl groups excluding tert-OH is 1. The molecular formula is C22H24N2O3. The predicted octanol–water partition coefficient (Wildman–Crippen LogP) is 3.71. The van der Waals surface area contributed by atoms with E-state index in [0.29, 0.717) is 5.56 Å². The zero-order valence-electron chi connectivity index (χ0n) is 16.0. The number of hydrogen-bond acceptors (Lipinski definition) is 4. The Morgan fingerprint density at radius 2 is 1.81 bits per heavy atom. The number of aryl methyl sites for hydroxylation is 2. The Morgan fingerprint density at radius 3 is 2.48 bits per heavy atom. The van der Waals surface area contributed by atoms with Gasteiger partial charge in [-0.15, -0.1) is 0 Å². The molecule has 5 heteroatoms. The molecule has 0 aliphatic rings. The molecule has 2 N–H and O–H groups in total. The van der Waals surface area contributed by atoms with Crippen molar-refractivity contribution in [3.8, 4) is 5.75 Å². The number of rotatable bonds is 5. The van der Waals surface area contributed by atoms with Crippen molar-refractivity contribution < 1.29 is 14.6 Å². The van der Waals surface area contributed by atoms with E-state index in [4.69, 9.17) is 4.74 Å². The normalized spacial score (nSPS) is 13.2. The Bertz CT molecular complexity index is 967. The fourth-order valence-corrected chi connectivity index (χ4v) is 3.11. The van der Waals surface area contributed by atoms with Gasteiger partial charge in [-0.25, -0.2) is 0 Å². The van der Waals surface area contributed by atoms with Crippen molar-refractivity contribution in [1.29, 1.82) is 0 Å². The SMILES string of the molecule is COc1ccc([C@H](O)[C@@H](C)NC(=O)c2cc(C)nc3ccc(C)cc23)cc1. The monoisotopic (exact) mass is 364 g/mol. The summed E-state index contributed by atoms with van der Waals surface area (Å²) in [7, 11) is 1.59. The Hall–Kier alpha value is -2.92. The molecule has 0 spiro atoms.